The van der Waals surface area contributed by atoms with Gasteiger partial charge in [0.1, 0.15) is 6.54 Å². The first-order valence-electron chi connectivity index (χ1n) is 5.11. The Kier molecular flexibility index (Phi) is 3.20. The highest BCUT2D eigenvalue weighted by Crippen LogP contribution is 2.04. The van der Waals surface area contributed by atoms with Gasteiger partial charge in [-0.3, -0.25) is 15.0 Å². The van der Waals surface area contributed by atoms with Crippen LogP contribution in [0.15, 0.2) is 27.5 Å². The summed E-state index contributed by atoms with van der Waals surface area (Å²) in [5.41, 5.74) is 2.42. The van der Waals surface area contributed by atoms with E-state index in [0.717, 1.165) is 0 Å². The van der Waals surface area contributed by atoms with E-state index in [9.17, 15) is 9.59 Å². The lowest BCUT2D eigenvalue weighted by Gasteiger charge is -2.01. The summed E-state index contributed by atoms with van der Waals surface area (Å²) in [6.45, 7) is 1.87. The molecule has 18 heavy (non-hydrogen) atoms. The highest BCUT2D eigenvalue weighted by molar-refractivity contribution is 5.91. The molecule has 8 heteroatoms. The molecule has 0 radical (unpaired) electrons. The summed E-state index contributed by atoms with van der Waals surface area (Å²) < 4.78 is 6.14. The van der Waals surface area contributed by atoms with Crippen molar-refractivity contribution in [3.8, 4) is 0 Å². The van der Waals surface area contributed by atoms with E-state index in [2.05, 4.69) is 10.3 Å². The minimum Gasteiger partial charge on any atom is -0.359 e. The van der Waals surface area contributed by atoms with Crippen LogP contribution >= 0.6 is 0 Å². The highest BCUT2D eigenvalue weighted by atomic mass is 16.5. The number of nitrogens with two attached hydrogens (primary N) is 1. The molecule has 3 N–H and O–H groups in total. The monoisotopic (exact) mass is 249 g/mol. The molecule has 1 amide bonds. The maximum Gasteiger partial charge on any atom is 0.287 e. The smallest absolute Gasteiger partial charge is 0.287 e. The number of rotatable bonds is 3. The van der Waals surface area contributed by atoms with Crippen LogP contribution in [-0.4, -0.2) is 20.8 Å². The van der Waals surface area contributed by atoms with Gasteiger partial charge >= 0.3 is 0 Å². The third-order valence-electron chi connectivity index (χ3n) is 2.23. The lowest BCUT2D eigenvalue weighted by molar-refractivity contribution is 0.0944. The first-order chi connectivity index (χ1) is 8.60. The van der Waals surface area contributed by atoms with Gasteiger partial charge in [0.25, 0.3) is 11.5 Å². The zero-order valence-corrected chi connectivity index (χ0v) is 9.58. The Balaban J connectivity index is 2.24. The van der Waals surface area contributed by atoms with Crippen molar-refractivity contribution in [3.05, 3.63) is 45.7 Å². The van der Waals surface area contributed by atoms with Crippen molar-refractivity contribution in [2.75, 3.05) is 0 Å². The number of aryl methyl sites for hydroxylation is 1. The van der Waals surface area contributed by atoms with Crippen LogP contribution in [0.3, 0.4) is 0 Å². The average molecular weight is 249 g/mol. The van der Waals surface area contributed by atoms with Crippen molar-refractivity contribution in [1.82, 2.24) is 20.4 Å². The molecule has 94 valence electrons. The maximum atomic E-state index is 11.5. The van der Waals surface area contributed by atoms with Crippen LogP contribution in [0.1, 0.15) is 21.9 Å². The number of nitrogens with one attached hydrogen (secondary N) is 1. The molecule has 0 aliphatic rings. The van der Waals surface area contributed by atoms with Crippen LogP contribution in [0.4, 0.5) is 0 Å². The molecule has 0 bridgehead atoms. The number of carbonyl (C=O) groups is 1. The fourth-order valence-corrected chi connectivity index (χ4v) is 1.38. The van der Waals surface area contributed by atoms with Gasteiger partial charge in [-0.2, -0.15) is 5.10 Å². The third-order valence-corrected chi connectivity index (χ3v) is 2.23. The summed E-state index contributed by atoms with van der Waals surface area (Å²) in [7, 11) is 0. The Hall–Kier alpha value is -2.48. The molecular weight excluding hydrogens is 238 g/mol. The molecule has 0 atom stereocenters. The quantitative estimate of drug-likeness (QED) is 0.417. The minimum absolute atomic E-state index is 0.0493. The minimum atomic E-state index is -0.561. The Bertz CT molecular complexity index is 630. The SMILES string of the molecule is Cc1ccc(=O)n(Cc2cc(C(=O)NN)no2)n1. The van der Waals surface area contributed by atoms with E-state index >= 15 is 0 Å². The van der Waals surface area contributed by atoms with Crippen LogP contribution in [-0.2, 0) is 6.54 Å². The highest BCUT2D eigenvalue weighted by Gasteiger charge is 2.12. The Morgan fingerprint density at radius 2 is 2.33 bits per heavy atom. The number of hydrogen-bond donors (Lipinski definition) is 2. The molecule has 2 heterocycles. The molecule has 2 aromatic heterocycles. The predicted molar refractivity (Wildman–Crippen MR) is 60.5 cm³/mol. The third kappa shape index (κ3) is 2.43. The topological polar surface area (TPSA) is 116 Å². The second-order valence-corrected chi connectivity index (χ2v) is 3.62. The van der Waals surface area contributed by atoms with E-state index in [1.807, 2.05) is 5.43 Å². The van der Waals surface area contributed by atoms with Crippen molar-refractivity contribution in [2.24, 2.45) is 5.84 Å². The van der Waals surface area contributed by atoms with E-state index in [1.165, 1.54) is 16.8 Å². The number of nitrogens with zero attached hydrogens (tertiary/aromatic N) is 3. The van der Waals surface area contributed by atoms with Crippen molar-refractivity contribution in [1.29, 1.82) is 0 Å². The molecular formula is C10H11N5O3. The van der Waals surface area contributed by atoms with Crippen molar-refractivity contribution < 1.29 is 9.32 Å². The zero-order chi connectivity index (χ0) is 13.1. The number of nitrogen functional groups attached to an aromatic ring is 1. The summed E-state index contributed by atoms with van der Waals surface area (Å²) in [5, 5.41) is 7.56. The molecule has 0 aliphatic carbocycles. The van der Waals surface area contributed by atoms with Crippen molar-refractivity contribution >= 4 is 5.91 Å². The normalized spacial score (nSPS) is 10.3. The summed E-state index contributed by atoms with van der Waals surface area (Å²) in [6.07, 6.45) is 0. The Morgan fingerprint density at radius 1 is 1.56 bits per heavy atom. The van der Waals surface area contributed by atoms with E-state index in [1.54, 1.807) is 13.0 Å². The molecule has 0 fully saturated rings. The fraction of sp³-hybridized carbons (Fsp3) is 0.200. The van der Waals surface area contributed by atoms with Gasteiger partial charge in [0.2, 0.25) is 0 Å². The van der Waals surface area contributed by atoms with Crippen LogP contribution in [0.2, 0.25) is 0 Å². The van der Waals surface area contributed by atoms with Gasteiger partial charge in [0, 0.05) is 12.1 Å². The van der Waals surface area contributed by atoms with E-state index < -0.39 is 5.91 Å². The molecule has 0 spiro atoms. The van der Waals surface area contributed by atoms with Crippen LogP contribution < -0.4 is 16.8 Å². The summed E-state index contributed by atoms with van der Waals surface area (Å²) in [4.78, 5) is 22.7. The van der Waals surface area contributed by atoms with Crippen LogP contribution in [0.25, 0.3) is 0 Å². The van der Waals surface area contributed by atoms with Gasteiger partial charge in [-0.15, -0.1) is 0 Å². The molecule has 0 saturated heterocycles. The van der Waals surface area contributed by atoms with Gasteiger partial charge in [-0.25, -0.2) is 10.5 Å². The van der Waals surface area contributed by atoms with Gasteiger partial charge in [-0.05, 0) is 13.0 Å². The van der Waals surface area contributed by atoms with Crippen LogP contribution in [0, 0.1) is 6.92 Å². The van der Waals surface area contributed by atoms with Crippen molar-refractivity contribution in [2.45, 2.75) is 13.5 Å². The standard InChI is InChI=1S/C10H11N5O3/c1-6-2-3-9(16)15(13-6)5-7-4-8(14-18-7)10(17)12-11/h2-4H,5,11H2,1H3,(H,12,17). The summed E-state index contributed by atoms with van der Waals surface area (Å²) >= 11 is 0. The number of aromatic nitrogens is 3. The zero-order valence-electron chi connectivity index (χ0n) is 9.58. The number of hydrazine groups is 1. The first-order valence-corrected chi connectivity index (χ1v) is 5.11. The lowest BCUT2D eigenvalue weighted by atomic mass is 10.3. The second kappa shape index (κ2) is 4.80. The molecule has 2 aromatic rings. The van der Waals surface area contributed by atoms with E-state index in [0.29, 0.717) is 11.5 Å². The Labute approximate surface area is 101 Å². The molecule has 0 aromatic carbocycles. The van der Waals surface area contributed by atoms with E-state index in [4.69, 9.17) is 10.4 Å². The second-order valence-electron chi connectivity index (χ2n) is 3.62. The fourth-order valence-electron chi connectivity index (χ4n) is 1.38. The number of hydrogen-bond acceptors (Lipinski definition) is 6. The number of amides is 1. The summed E-state index contributed by atoms with van der Waals surface area (Å²) in [6, 6.07) is 4.43. The summed E-state index contributed by atoms with van der Waals surface area (Å²) in [5.74, 6) is 4.74. The van der Waals surface area contributed by atoms with Gasteiger partial charge in [0.15, 0.2) is 11.5 Å². The Morgan fingerprint density at radius 3 is 3.06 bits per heavy atom. The maximum absolute atomic E-state index is 11.5. The van der Waals surface area contributed by atoms with E-state index in [-0.39, 0.29) is 17.8 Å². The van der Waals surface area contributed by atoms with Crippen LogP contribution in [0.5, 0.6) is 0 Å². The largest absolute Gasteiger partial charge is 0.359 e. The lowest BCUT2D eigenvalue weighted by Crippen LogP contribution is -2.30. The van der Waals surface area contributed by atoms with Gasteiger partial charge in [-0.1, -0.05) is 5.16 Å². The molecule has 0 saturated carbocycles. The van der Waals surface area contributed by atoms with Gasteiger partial charge in [0.05, 0.1) is 5.69 Å². The van der Waals surface area contributed by atoms with Crippen molar-refractivity contribution in [3.63, 3.8) is 0 Å². The molecule has 0 aliphatic heterocycles. The molecule has 8 nitrogen and oxygen atoms in total. The first kappa shape index (κ1) is 12.0. The predicted octanol–water partition coefficient (Wildman–Crippen LogP) is -0.808. The number of carbonyl (C=O) groups excluding carboxylic acids is 1. The average Bonchev–Trinajstić information content (AvgIpc) is 2.81. The molecule has 2 rings (SSSR count). The van der Waals surface area contributed by atoms with Gasteiger partial charge < -0.3 is 4.52 Å². The molecule has 0 unspecified atom stereocenters.